The van der Waals surface area contributed by atoms with Crippen LogP contribution in [-0.2, 0) is 11.8 Å². The molecular weight excluding hydrogens is 410 g/mol. The van der Waals surface area contributed by atoms with Crippen molar-refractivity contribution >= 4 is 29.3 Å². The van der Waals surface area contributed by atoms with E-state index in [1.165, 1.54) is 11.8 Å². The maximum Gasteiger partial charge on any atom is 0.251 e. The zero-order chi connectivity index (χ0) is 22.5. The van der Waals surface area contributed by atoms with Gasteiger partial charge >= 0.3 is 0 Å². The van der Waals surface area contributed by atoms with Crippen LogP contribution in [0, 0.1) is 20.8 Å². The molecule has 0 spiro atoms. The van der Waals surface area contributed by atoms with E-state index in [1.54, 1.807) is 16.7 Å². The third-order valence-corrected chi connectivity index (χ3v) is 5.78. The van der Waals surface area contributed by atoms with Crippen LogP contribution in [0.3, 0.4) is 0 Å². The summed E-state index contributed by atoms with van der Waals surface area (Å²) in [5.41, 5.74) is 4.68. The summed E-state index contributed by atoms with van der Waals surface area (Å²) in [6.45, 7) is 7.83. The third-order valence-electron chi connectivity index (χ3n) is 4.76. The van der Waals surface area contributed by atoms with Gasteiger partial charge in [0.25, 0.3) is 5.91 Å². The molecule has 0 aliphatic carbocycles. The molecule has 0 unspecified atom stereocenters. The van der Waals surface area contributed by atoms with E-state index in [1.807, 2.05) is 59.0 Å². The summed E-state index contributed by atoms with van der Waals surface area (Å²) < 4.78 is 1.80. The zero-order valence-corrected chi connectivity index (χ0v) is 19.2. The number of nitrogens with one attached hydrogen (secondary N) is 2. The van der Waals surface area contributed by atoms with Crippen LogP contribution in [0.1, 0.15) is 45.8 Å². The lowest BCUT2D eigenvalue weighted by molar-refractivity contribution is -0.113. The summed E-state index contributed by atoms with van der Waals surface area (Å²) in [6.07, 6.45) is 0. The molecule has 2 amide bonds. The maximum absolute atomic E-state index is 12.5. The number of carbonyl (C=O) groups excluding carboxylic acids is 2. The summed E-state index contributed by atoms with van der Waals surface area (Å²) in [6, 6.07) is 13.0. The molecule has 8 heteroatoms. The van der Waals surface area contributed by atoms with E-state index in [0.29, 0.717) is 16.5 Å². The van der Waals surface area contributed by atoms with E-state index in [0.717, 1.165) is 22.4 Å². The van der Waals surface area contributed by atoms with Gasteiger partial charge in [0.15, 0.2) is 11.0 Å². The lowest BCUT2D eigenvalue weighted by atomic mass is 10.1. The Morgan fingerprint density at radius 3 is 2.29 bits per heavy atom. The fourth-order valence-corrected chi connectivity index (χ4v) is 3.97. The van der Waals surface area contributed by atoms with Gasteiger partial charge in [0.05, 0.1) is 11.8 Å². The molecule has 7 nitrogen and oxygen atoms in total. The summed E-state index contributed by atoms with van der Waals surface area (Å²) in [5.74, 6) is 0.554. The number of aromatic nitrogens is 3. The van der Waals surface area contributed by atoms with Crippen molar-refractivity contribution in [3.05, 3.63) is 70.5 Å². The number of thioether (sulfide) groups is 1. The van der Waals surface area contributed by atoms with E-state index in [2.05, 4.69) is 26.9 Å². The molecule has 3 aromatic rings. The molecule has 2 aromatic carbocycles. The van der Waals surface area contributed by atoms with Gasteiger partial charge in [-0.3, -0.25) is 9.59 Å². The normalized spacial score (nSPS) is 11.8. The number of aryl methyl sites for hydroxylation is 3. The minimum atomic E-state index is -0.329. The fraction of sp³-hybridized carbons (Fsp3) is 0.304. The van der Waals surface area contributed by atoms with Crippen molar-refractivity contribution in [3.63, 3.8) is 0 Å². The quantitative estimate of drug-likeness (QED) is 0.546. The van der Waals surface area contributed by atoms with Gasteiger partial charge in [-0.1, -0.05) is 35.5 Å². The van der Waals surface area contributed by atoms with Crippen LogP contribution in [0.25, 0.3) is 0 Å². The molecular formula is C23H27N5O2S. The Hall–Kier alpha value is -3.13. The number of hydrogen-bond donors (Lipinski definition) is 2. The maximum atomic E-state index is 12.5. The van der Waals surface area contributed by atoms with E-state index >= 15 is 0 Å². The SMILES string of the molecule is Cc1ccc(C(=O)N[C@H](C)c2nnc(SCC(=O)Nc3cc(C)cc(C)c3)n2C)cc1. The first-order valence-electron chi connectivity index (χ1n) is 10.0. The predicted molar refractivity (Wildman–Crippen MR) is 123 cm³/mol. The summed E-state index contributed by atoms with van der Waals surface area (Å²) in [4.78, 5) is 24.8. The lowest BCUT2D eigenvalue weighted by Gasteiger charge is -2.14. The summed E-state index contributed by atoms with van der Waals surface area (Å²) >= 11 is 1.30. The summed E-state index contributed by atoms with van der Waals surface area (Å²) in [7, 11) is 1.83. The fourth-order valence-electron chi connectivity index (χ4n) is 3.25. The first kappa shape index (κ1) is 22.6. The number of anilines is 1. The van der Waals surface area contributed by atoms with Crippen LogP contribution in [0.2, 0.25) is 0 Å². The molecule has 1 heterocycles. The molecule has 0 saturated heterocycles. The number of benzene rings is 2. The van der Waals surface area contributed by atoms with Gasteiger partial charge in [-0.05, 0) is 63.1 Å². The highest BCUT2D eigenvalue weighted by atomic mass is 32.2. The van der Waals surface area contributed by atoms with Gasteiger partial charge in [0, 0.05) is 18.3 Å². The van der Waals surface area contributed by atoms with Crippen molar-refractivity contribution in [2.75, 3.05) is 11.1 Å². The van der Waals surface area contributed by atoms with Crippen LogP contribution < -0.4 is 10.6 Å². The highest BCUT2D eigenvalue weighted by molar-refractivity contribution is 7.99. The van der Waals surface area contributed by atoms with Gasteiger partial charge in [0.1, 0.15) is 0 Å². The average Bonchev–Trinajstić information content (AvgIpc) is 3.06. The standard InChI is InChI=1S/C23H27N5O2S/c1-14-6-8-18(9-7-14)22(30)24-17(4)21-26-27-23(28(21)5)31-13-20(29)25-19-11-15(2)10-16(3)12-19/h6-12,17H,13H2,1-5H3,(H,24,30)(H,25,29)/t17-/m1/s1. The second kappa shape index (κ2) is 9.78. The molecule has 162 valence electrons. The van der Waals surface area contributed by atoms with Crippen LogP contribution in [0.15, 0.2) is 47.6 Å². The Labute approximate surface area is 186 Å². The Morgan fingerprint density at radius 1 is 1.00 bits per heavy atom. The van der Waals surface area contributed by atoms with Crippen LogP contribution in [0.5, 0.6) is 0 Å². The largest absolute Gasteiger partial charge is 0.342 e. The number of amides is 2. The van der Waals surface area contributed by atoms with Gasteiger partial charge < -0.3 is 15.2 Å². The Bertz CT molecular complexity index is 1070. The molecule has 0 aliphatic heterocycles. The van der Waals surface area contributed by atoms with Gasteiger partial charge in [0.2, 0.25) is 5.91 Å². The molecule has 1 aromatic heterocycles. The third kappa shape index (κ3) is 5.95. The van der Waals surface area contributed by atoms with Crippen LogP contribution in [0.4, 0.5) is 5.69 Å². The second-order valence-electron chi connectivity index (χ2n) is 7.67. The average molecular weight is 438 g/mol. The molecule has 1 atom stereocenters. The number of rotatable bonds is 7. The molecule has 0 saturated carbocycles. The highest BCUT2D eigenvalue weighted by Gasteiger charge is 2.19. The van der Waals surface area contributed by atoms with E-state index in [4.69, 9.17) is 0 Å². The highest BCUT2D eigenvalue weighted by Crippen LogP contribution is 2.20. The molecule has 0 radical (unpaired) electrons. The van der Waals surface area contributed by atoms with Gasteiger partial charge in [-0.15, -0.1) is 10.2 Å². The topological polar surface area (TPSA) is 88.9 Å². The van der Waals surface area contributed by atoms with E-state index < -0.39 is 0 Å². The lowest BCUT2D eigenvalue weighted by Crippen LogP contribution is -2.28. The minimum Gasteiger partial charge on any atom is -0.342 e. The molecule has 0 bridgehead atoms. The van der Waals surface area contributed by atoms with Gasteiger partial charge in [-0.2, -0.15) is 0 Å². The van der Waals surface area contributed by atoms with Crippen molar-refractivity contribution in [1.82, 2.24) is 20.1 Å². The van der Waals surface area contributed by atoms with Crippen LogP contribution >= 0.6 is 11.8 Å². The number of nitrogens with zero attached hydrogens (tertiary/aromatic N) is 3. The smallest absolute Gasteiger partial charge is 0.251 e. The van der Waals surface area contributed by atoms with Crippen LogP contribution in [-0.4, -0.2) is 32.3 Å². The van der Waals surface area contributed by atoms with Crippen molar-refractivity contribution in [2.24, 2.45) is 7.05 Å². The Morgan fingerprint density at radius 2 is 1.65 bits per heavy atom. The molecule has 3 rings (SSSR count). The summed E-state index contributed by atoms with van der Waals surface area (Å²) in [5, 5.41) is 14.9. The number of hydrogen-bond acceptors (Lipinski definition) is 5. The van der Waals surface area contributed by atoms with Crippen molar-refractivity contribution < 1.29 is 9.59 Å². The molecule has 0 aliphatic rings. The zero-order valence-electron chi connectivity index (χ0n) is 18.4. The first-order valence-corrected chi connectivity index (χ1v) is 11.0. The van der Waals surface area contributed by atoms with Crippen molar-refractivity contribution in [3.8, 4) is 0 Å². The van der Waals surface area contributed by atoms with Gasteiger partial charge in [-0.25, -0.2) is 0 Å². The minimum absolute atomic E-state index is 0.111. The van der Waals surface area contributed by atoms with Crippen molar-refractivity contribution in [2.45, 2.75) is 38.9 Å². The molecule has 31 heavy (non-hydrogen) atoms. The predicted octanol–water partition coefficient (Wildman–Crippen LogP) is 3.96. The molecule has 0 fully saturated rings. The Balaban J connectivity index is 1.58. The Kier molecular flexibility index (Phi) is 7.12. The monoisotopic (exact) mass is 437 g/mol. The second-order valence-corrected chi connectivity index (χ2v) is 8.62. The van der Waals surface area contributed by atoms with Crippen molar-refractivity contribution in [1.29, 1.82) is 0 Å². The van der Waals surface area contributed by atoms with E-state index in [-0.39, 0.29) is 23.6 Å². The molecule has 2 N–H and O–H groups in total. The van der Waals surface area contributed by atoms with E-state index in [9.17, 15) is 9.59 Å². The first-order chi connectivity index (χ1) is 14.7. The number of carbonyl (C=O) groups is 2.